The number of aromatic nitrogens is 1. The number of rotatable bonds is 10. The van der Waals surface area contributed by atoms with Crippen molar-refractivity contribution in [1.29, 1.82) is 0 Å². The van der Waals surface area contributed by atoms with Crippen LogP contribution < -0.4 is 15.5 Å². The number of ether oxygens (including phenoxy) is 1. The molecule has 0 bridgehead atoms. The van der Waals surface area contributed by atoms with Crippen LogP contribution in [0.25, 0.3) is 0 Å². The van der Waals surface area contributed by atoms with Gasteiger partial charge in [-0.25, -0.2) is 4.99 Å². The molecule has 1 saturated heterocycles. The lowest BCUT2D eigenvalue weighted by Crippen LogP contribution is -2.43. The molecule has 0 aliphatic carbocycles. The van der Waals surface area contributed by atoms with E-state index in [1.165, 1.54) is 5.69 Å². The summed E-state index contributed by atoms with van der Waals surface area (Å²) in [4.78, 5) is 24.4. The fourth-order valence-electron chi connectivity index (χ4n) is 3.18. The average Bonchev–Trinajstić information content (AvgIpc) is 2.75. The van der Waals surface area contributed by atoms with Crippen LogP contribution in [0.5, 0.6) is 0 Å². The van der Waals surface area contributed by atoms with Crippen molar-refractivity contribution < 1.29 is 9.53 Å². The topological polar surface area (TPSA) is 82.1 Å². The van der Waals surface area contributed by atoms with Crippen molar-refractivity contribution in [3.63, 3.8) is 0 Å². The summed E-state index contributed by atoms with van der Waals surface area (Å²) in [5.41, 5.74) is 1.24. The van der Waals surface area contributed by atoms with Gasteiger partial charge in [0.2, 0.25) is 5.91 Å². The summed E-state index contributed by atoms with van der Waals surface area (Å²) in [6, 6.07) is 4.13. The number of carbonyl (C=O) groups excluding carboxylic acids is 1. The Labute approximate surface area is 174 Å². The molecule has 1 amide bonds. The lowest BCUT2D eigenvalue weighted by Gasteiger charge is -2.33. The molecule has 0 atom stereocenters. The van der Waals surface area contributed by atoms with Gasteiger partial charge in [0.05, 0.1) is 0 Å². The molecule has 0 unspecified atom stereocenters. The Morgan fingerprint density at radius 2 is 2.00 bits per heavy atom. The maximum atomic E-state index is 11.9. The molecule has 2 heterocycles. The fourth-order valence-corrected chi connectivity index (χ4v) is 3.18. The minimum atomic E-state index is -0.00826. The van der Waals surface area contributed by atoms with E-state index in [-0.39, 0.29) is 12.5 Å². The van der Waals surface area contributed by atoms with E-state index in [2.05, 4.69) is 37.6 Å². The SMILES string of the molecule is CCOCCCNC(=NCC(=O)N(C)C)NCC1CCN(c2ccncc2)CC1. The van der Waals surface area contributed by atoms with Gasteiger partial charge in [0, 0.05) is 71.6 Å². The zero-order chi connectivity index (χ0) is 20.9. The summed E-state index contributed by atoms with van der Waals surface area (Å²) in [6.07, 6.45) is 6.85. The Hall–Kier alpha value is -2.35. The van der Waals surface area contributed by atoms with Gasteiger partial charge in [-0.2, -0.15) is 0 Å². The van der Waals surface area contributed by atoms with Crippen molar-refractivity contribution in [3.8, 4) is 0 Å². The molecule has 0 radical (unpaired) electrons. The Morgan fingerprint density at radius 1 is 1.28 bits per heavy atom. The van der Waals surface area contributed by atoms with Gasteiger partial charge in [0.15, 0.2) is 5.96 Å². The van der Waals surface area contributed by atoms with Crippen LogP contribution in [0, 0.1) is 5.92 Å². The van der Waals surface area contributed by atoms with Crippen LogP contribution in [-0.2, 0) is 9.53 Å². The molecule has 1 fully saturated rings. The Bertz CT molecular complexity index is 615. The molecule has 29 heavy (non-hydrogen) atoms. The third-order valence-corrected chi connectivity index (χ3v) is 5.03. The largest absolute Gasteiger partial charge is 0.382 e. The van der Waals surface area contributed by atoms with Crippen molar-refractivity contribution in [2.24, 2.45) is 10.9 Å². The number of hydrogen-bond acceptors (Lipinski definition) is 5. The minimum Gasteiger partial charge on any atom is -0.382 e. The monoisotopic (exact) mass is 404 g/mol. The smallest absolute Gasteiger partial charge is 0.243 e. The molecule has 1 aromatic heterocycles. The number of pyridine rings is 1. The predicted octanol–water partition coefficient (Wildman–Crippen LogP) is 1.35. The number of guanidine groups is 1. The molecule has 8 nitrogen and oxygen atoms in total. The van der Waals surface area contributed by atoms with E-state index in [1.54, 1.807) is 19.0 Å². The van der Waals surface area contributed by atoms with Crippen molar-refractivity contribution in [2.45, 2.75) is 26.2 Å². The van der Waals surface area contributed by atoms with Gasteiger partial charge in [-0.05, 0) is 44.2 Å². The summed E-state index contributed by atoms with van der Waals surface area (Å²) >= 11 is 0. The molecule has 8 heteroatoms. The van der Waals surface area contributed by atoms with E-state index in [0.29, 0.717) is 11.9 Å². The molecular weight excluding hydrogens is 368 g/mol. The highest BCUT2D eigenvalue weighted by molar-refractivity contribution is 5.84. The summed E-state index contributed by atoms with van der Waals surface area (Å²) in [7, 11) is 3.49. The van der Waals surface area contributed by atoms with Crippen LogP contribution in [0.1, 0.15) is 26.2 Å². The molecule has 1 aliphatic rings. The van der Waals surface area contributed by atoms with Crippen LogP contribution in [0.4, 0.5) is 5.69 Å². The van der Waals surface area contributed by atoms with Crippen molar-refractivity contribution in [1.82, 2.24) is 20.5 Å². The first-order chi connectivity index (χ1) is 14.1. The van der Waals surface area contributed by atoms with E-state index in [1.807, 2.05) is 19.3 Å². The second-order valence-corrected chi connectivity index (χ2v) is 7.45. The molecule has 0 saturated carbocycles. The van der Waals surface area contributed by atoms with E-state index in [9.17, 15) is 4.79 Å². The molecule has 2 N–H and O–H groups in total. The molecular formula is C21H36N6O2. The van der Waals surface area contributed by atoms with Crippen LogP contribution in [-0.4, -0.2) is 81.8 Å². The maximum Gasteiger partial charge on any atom is 0.243 e. The summed E-state index contributed by atoms with van der Waals surface area (Å²) in [5, 5.41) is 6.75. The van der Waals surface area contributed by atoms with Crippen LogP contribution >= 0.6 is 0 Å². The Balaban J connectivity index is 1.78. The fraction of sp³-hybridized carbons (Fsp3) is 0.667. The number of amides is 1. The molecule has 2 rings (SSSR count). The number of nitrogens with one attached hydrogen (secondary N) is 2. The van der Waals surface area contributed by atoms with E-state index in [0.717, 1.165) is 58.7 Å². The molecule has 0 aromatic carbocycles. The minimum absolute atomic E-state index is 0.00826. The quantitative estimate of drug-likeness (QED) is 0.348. The van der Waals surface area contributed by atoms with E-state index >= 15 is 0 Å². The zero-order valence-electron chi connectivity index (χ0n) is 18.1. The van der Waals surface area contributed by atoms with E-state index < -0.39 is 0 Å². The number of anilines is 1. The highest BCUT2D eigenvalue weighted by atomic mass is 16.5. The number of aliphatic imine (C=N–C) groups is 1. The molecule has 0 spiro atoms. The van der Waals surface area contributed by atoms with Crippen molar-refractivity contribution in [2.75, 3.05) is 64.9 Å². The number of nitrogens with zero attached hydrogens (tertiary/aromatic N) is 4. The normalized spacial score (nSPS) is 15.3. The molecule has 1 aliphatic heterocycles. The van der Waals surface area contributed by atoms with E-state index in [4.69, 9.17) is 4.74 Å². The number of carbonyl (C=O) groups is 1. The Kier molecular flexibility index (Phi) is 10.3. The summed E-state index contributed by atoms with van der Waals surface area (Å²) < 4.78 is 5.38. The summed E-state index contributed by atoms with van der Waals surface area (Å²) in [5.74, 6) is 1.28. The first kappa shape index (κ1) is 22.9. The zero-order valence-corrected chi connectivity index (χ0v) is 18.1. The molecule has 1 aromatic rings. The van der Waals surface area contributed by atoms with Gasteiger partial charge >= 0.3 is 0 Å². The maximum absolute atomic E-state index is 11.9. The number of likely N-dealkylation sites (N-methyl/N-ethyl adjacent to an activating group) is 1. The first-order valence-corrected chi connectivity index (χ1v) is 10.5. The Morgan fingerprint density at radius 3 is 2.66 bits per heavy atom. The standard InChI is InChI=1S/C21H36N6O2/c1-4-29-15-5-10-23-21(25-17-20(28)26(2)3)24-16-18-8-13-27(14-9-18)19-6-11-22-12-7-19/h6-7,11-12,18H,4-5,8-10,13-17H2,1-3H3,(H2,23,24,25). The third kappa shape index (κ3) is 8.68. The first-order valence-electron chi connectivity index (χ1n) is 10.5. The summed E-state index contributed by atoms with van der Waals surface area (Å²) in [6.45, 7) is 7.31. The van der Waals surface area contributed by atoms with Crippen molar-refractivity contribution in [3.05, 3.63) is 24.5 Å². The number of hydrogen-bond donors (Lipinski definition) is 2. The third-order valence-electron chi connectivity index (χ3n) is 5.03. The lowest BCUT2D eigenvalue weighted by atomic mass is 9.96. The van der Waals surface area contributed by atoms with Gasteiger partial charge in [0.1, 0.15) is 6.54 Å². The van der Waals surface area contributed by atoms with Gasteiger partial charge < -0.3 is 25.2 Å². The van der Waals surface area contributed by atoms with Gasteiger partial charge in [-0.15, -0.1) is 0 Å². The predicted molar refractivity (Wildman–Crippen MR) is 117 cm³/mol. The van der Waals surface area contributed by atoms with Crippen LogP contribution in [0.2, 0.25) is 0 Å². The van der Waals surface area contributed by atoms with Gasteiger partial charge in [-0.3, -0.25) is 9.78 Å². The van der Waals surface area contributed by atoms with Gasteiger partial charge in [0.25, 0.3) is 0 Å². The molecule has 162 valence electrons. The second kappa shape index (κ2) is 13.0. The van der Waals surface area contributed by atoms with Crippen LogP contribution in [0.3, 0.4) is 0 Å². The second-order valence-electron chi connectivity index (χ2n) is 7.45. The lowest BCUT2D eigenvalue weighted by molar-refractivity contribution is -0.127. The average molecular weight is 405 g/mol. The van der Waals surface area contributed by atoms with Crippen molar-refractivity contribution >= 4 is 17.6 Å². The highest BCUT2D eigenvalue weighted by Crippen LogP contribution is 2.22. The number of piperidine rings is 1. The van der Waals surface area contributed by atoms with Crippen LogP contribution in [0.15, 0.2) is 29.5 Å². The van der Waals surface area contributed by atoms with Gasteiger partial charge in [-0.1, -0.05) is 0 Å². The highest BCUT2D eigenvalue weighted by Gasteiger charge is 2.19.